The standard InChI is InChI=1S/C13H16F2N4O2/c14-7-4-5-11(9(15)6-7)18-13(20)17-10-3-1-2-8(10)12(16)19-21/h4-6,8,10,21H,1-3H2,(H2,16,19)(H2,17,18,20). The Labute approximate surface area is 120 Å². The van der Waals surface area contributed by atoms with Crippen molar-refractivity contribution in [1.29, 1.82) is 0 Å². The SMILES string of the molecule is NC(=NO)C1CCCC1NC(=O)Nc1ccc(F)cc1F. The summed E-state index contributed by atoms with van der Waals surface area (Å²) in [6.07, 6.45) is 2.21. The zero-order valence-corrected chi connectivity index (χ0v) is 11.1. The summed E-state index contributed by atoms with van der Waals surface area (Å²) in [7, 11) is 0. The number of urea groups is 1. The number of hydrogen-bond donors (Lipinski definition) is 4. The Bertz CT molecular complexity index is 565. The van der Waals surface area contributed by atoms with Gasteiger partial charge in [-0.15, -0.1) is 0 Å². The van der Waals surface area contributed by atoms with Gasteiger partial charge in [0.25, 0.3) is 0 Å². The fourth-order valence-corrected chi connectivity index (χ4v) is 2.48. The fraction of sp³-hybridized carbons (Fsp3) is 0.385. The Balaban J connectivity index is 1.98. The topological polar surface area (TPSA) is 99.7 Å². The molecule has 0 heterocycles. The van der Waals surface area contributed by atoms with Crippen LogP contribution in [-0.4, -0.2) is 23.1 Å². The van der Waals surface area contributed by atoms with E-state index in [0.717, 1.165) is 18.6 Å². The monoisotopic (exact) mass is 298 g/mol. The van der Waals surface area contributed by atoms with Gasteiger partial charge in [-0.2, -0.15) is 0 Å². The summed E-state index contributed by atoms with van der Waals surface area (Å²) in [6, 6.07) is 1.96. The number of rotatable bonds is 3. The van der Waals surface area contributed by atoms with Crippen molar-refractivity contribution < 1.29 is 18.8 Å². The Morgan fingerprint density at radius 1 is 1.38 bits per heavy atom. The van der Waals surface area contributed by atoms with E-state index in [2.05, 4.69) is 15.8 Å². The van der Waals surface area contributed by atoms with Crippen LogP contribution >= 0.6 is 0 Å². The van der Waals surface area contributed by atoms with Crippen LogP contribution in [0, 0.1) is 17.6 Å². The summed E-state index contributed by atoms with van der Waals surface area (Å²) in [5.41, 5.74) is 5.45. The maximum absolute atomic E-state index is 13.4. The maximum Gasteiger partial charge on any atom is 0.319 e. The van der Waals surface area contributed by atoms with Crippen LogP contribution in [0.4, 0.5) is 19.3 Å². The number of anilines is 1. The van der Waals surface area contributed by atoms with Gasteiger partial charge in [-0.25, -0.2) is 13.6 Å². The van der Waals surface area contributed by atoms with Gasteiger partial charge in [0, 0.05) is 18.0 Å². The van der Waals surface area contributed by atoms with Gasteiger partial charge in [0.1, 0.15) is 17.5 Å². The van der Waals surface area contributed by atoms with Crippen LogP contribution < -0.4 is 16.4 Å². The molecule has 1 aromatic carbocycles. The molecule has 0 saturated heterocycles. The van der Waals surface area contributed by atoms with E-state index in [1.807, 2.05) is 0 Å². The quantitative estimate of drug-likeness (QED) is 0.297. The van der Waals surface area contributed by atoms with Crippen LogP contribution in [0.25, 0.3) is 0 Å². The van der Waals surface area contributed by atoms with Gasteiger partial charge in [-0.3, -0.25) is 0 Å². The summed E-state index contributed by atoms with van der Waals surface area (Å²) in [5, 5.41) is 16.6. The number of hydrogen-bond acceptors (Lipinski definition) is 3. The largest absolute Gasteiger partial charge is 0.409 e. The van der Waals surface area contributed by atoms with Crippen LogP contribution in [0.3, 0.4) is 0 Å². The molecule has 2 atom stereocenters. The fourth-order valence-electron chi connectivity index (χ4n) is 2.48. The van der Waals surface area contributed by atoms with Crippen molar-refractivity contribution in [2.45, 2.75) is 25.3 Å². The number of carbonyl (C=O) groups excluding carboxylic acids is 1. The Morgan fingerprint density at radius 3 is 2.81 bits per heavy atom. The van der Waals surface area contributed by atoms with E-state index in [9.17, 15) is 13.6 Å². The second kappa shape index (κ2) is 6.38. The highest BCUT2D eigenvalue weighted by molar-refractivity contribution is 5.90. The summed E-state index contributed by atoms with van der Waals surface area (Å²) in [5.74, 6) is -1.77. The van der Waals surface area contributed by atoms with Gasteiger partial charge >= 0.3 is 6.03 Å². The minimum atomic E-state index is -0.857. The van der Waals surface area contributed by atoms with Gasteiger partial charge in [0.05, 0.1) is 5.69 Å². The smallest absolute Gasteiger partial charge is 0.319 e. The van der Waals surface area contributed by atoms with Crippen molar-refractivity contribution in [3.05, 3.63) is 29.8 Å². The zero-order valence-electron chi connectivity index (χ0n) is 11.1. The van der Waals surface area contributed by atoms with Crippen molar-refractivity contribution in [1.82, 2.24) is 5.32 Å². The van der Waals surface area contributed by atoms with Gasteiger partial charge in [-0.05, 0) is 25.0 Å². The molecule has 6 nitrogen and oxygen atoms in total. The van der Waals surface area contributed by atoms with E-state index in [1.54, 1.807) is 0 Å². The average molecular weight is 298 g/mol. The molecule has 21 heavy (non-hydrogen) atoms. The molecule has 1 saturated carbocycles. The Kier molecular flexibility index (Phi) is 4.56. The molecule has 1 fully saturated rings. The number of carbonyl (C=O) groups is 1. The van der Waals surface area contributed by atoms with Crippen LogP contribution in [0.1, 0.15) is 19.3 Å². The molecule has 1 aromatic rings. The zero-order chi connectivity index (χ0) is 15.4. The highest BCUT2D eigenvalue weighted by Gasteiger charge is 2.31. The van der Waals surface area contributed by atoms with E-state index in [1.165, 1.54) is 0 Å². The molecule has 2 amide bonds. The lowest BCUT2D eigenvalue weighted by atomic mass is 10.0. The van der Waals surface area contributed by atoms with E-state index in [4.69, 9.17) is 10.9 Å². The Morgan fingerprint density at radius 2 is 2.14 bits per heavy atom. The van der Waals surface area contributed by atoms with Gasteiger partial charge in [0.15, 0.2) is 0 Å². The van der Waals surface area contributed by atoms with Crippen LogP contribution in [0.2, 0.25) is 0 Å². The first-order valence-corrected chi connectivity index (χ1v) is 6.51. The molecule has 1 aliphatic rings. The van der Waals surface area contributed by atoms with Crippen LogP contribution in [0.15, 0.2) is 23.4 Å². The molecule has 0 aromatic heterocycles. The third kappa shape index (κ3) is 3.59. The predicted molar refractivity (Wildman–Crippen MR) is 73.1 cm³/mol. The van der Waals surface area contributed by atoms with Crippen molar-refractivity contribution in [2.24, 2.45) is 16.8 Å². The maximum atomic E-state index is 13.4. The number of benzene rings is 1. The third-order valence-corrected chi connectivity index (χ3v) is 3.51. The molecule has 114 valence electrons. The van der Waals surface area contributed by atoms with Crippen LogP contribution in [0.5, 0.6) is 0 Å². The first-order chi connectivity index (χ1) is 10.0. The molecule has 0 aliphatic heterocycles. The van der Waals surface area contributed by atoms with Crippen molar-refractivity contribution in [3.8, 4) is 0 Å². The minimum Gasteiger partial charge on any atom is -0.409 e. The van der Waals surface area contributed by atoms with Crippen molar-refractivity contribution in [3.63, 3.8) is 0 Å². The normalized spacial score (nSPS) is 22.1. The van der Waals surface area contributed by atoms with Crippen LogP contribution in [-0.2, 0) is 0 Å². The average Bonchev–Trinajstić information content (AvgIpc) is 2.89. The number of nitrogens with zero attached hydrogens (tertiary/aromatic N) is 1. The first kappa shape index (κ1) is 15.0. The van der Waals surface area contributed by atoms with E-state index < -0.39 is 17.7 Å². The molecule has 0 radical (unpaired) electrons. The Hall–Kier alpha value is -2.38. The highest BCUT2D eigenvalue weighted by Crippen LogP contribution is 2.26. The van der Waals surface area contributed by atoms with Crippen molar-refractivity contribution in [2.75, 3.05) is 5.32 Å². The molecular weight excluding hydrogens is 282 g/mol. The predicted octanol–water partition coefficient (Wildman–Crippen LogP) is 2.00. The van der Waals surface area contributed by atoms with Crippen molar-refractivity contribution >= 4 is 17.6 Å². The summed E-state index contributed by atoms with van der Waals surface area (Å²) >= 11 is 0. The van der Waals surface area contributed by atoms with E-state index in [-0.39, 0.29) is 23.5 Å². The number of oxime groups is 1. The van der Waals surface area contributed by atoms with Gasteiger partial charge in [0.2, 0.25) is 0 Å². The number of amides is 2. The number of nitrogens with one attached hydrogen (secondary N) is 2. The molecule has 2 unspecified atom stereocenters. The molecule has 2 rings (SSSR count). The number of halogens is 2. The highest BCUT2D eigenvalue weighted by atomic mass is 19.1. The third-order valence-electron chi connectivity index (χ3n) is 3.51. The molecular formula is C13H16F2N4O2. The number of amidine groups is 1. The van der Waals surface area contributed by atoms with Gasteiger partial charge in [-0.1, -0.05) is 11.6 Å². The first-order valence-electron chi connectivity index (χ1n) is 6.51. The minimum absolute atomic E-state index is 0.0609. The lowest BCUT2D eigenvalue weighted by molar-refractivity contribution is 0.246. The molecule has 0 spiro atoms. The molecule has 8 heteroatoms. The second-order valence-electron chi connectivity index (χ2n) is 4.89. The number of nitrogens with two attached hydrogens (primary N) is 1. The lowest BCUT2D eigenvalue weighted by Crippen LogP contribution is -2.44. The van der Waals surface area contributed by atoms with Gasteiger partial charge < -0.3 is 21.6 Å². The second-order valence-corrected chi connectivity index (χ2v) is 4.89. The summed E-state index contributed by atoms with van der Waals surface area (Å²) < 4.78 is 26.2. The summed E-state index contributed by atoms with van der Waals surface area (Å²) in [4.78, 5) is 11.8. The summed E-state index contributed by atoms with van der Waals surface area (Å²) in [6.45, 7) is 0. The molecule has 1 aliphatic carbocycles. The molecule has 5 N–H and O–H groups in total. The van der Waals surface area contributed by atoms with E-state index >= 15 is 0 Å². The molecule has 0 bridgehead atoms. The van der Waals surface area contributed by atoms with E-state index in [0.29, 0.717) is 18.9 Å². The lowest BCUT2D eigenvalue weighted by Gasteiger charge is -2.20.